The number of carboxylic acids is 1. The van der Waals surface area contributed by atoms with Crippen LogP contribution >= 0.6 is 11.3 Å². The highest BCUT2D eigenvalue weighted by Crippen LogP contribution is 2.39. The summed E-state index contributed by atoms with van der Waals surface area (Å²) in [6.07, 6.45) is -0.00710. The van der Waals surface area contributed by atoms with Crippen LogP contribution in [0.3, 0.4) is 0 Å². The fourth-order valence-corrected chi connectivity index (χ4v) is 3.62. The molecule has 2 aromatic heterocycles. The third-order valence-electron chi connectivity index (χ3n) is 3.80. The molecule has 1 atom stereocenters. The van der Waals surface area contributed by atoms with E-state index in [0.717, 1.165) is 21.2 Å². The Morgan fingerprint density at radius 2 is 2.04 bits per heavy atom. The summed E-state index contributed by atoms with van der Waals surface area (Å²) in [7, 11) is 1.58. The summed E-state index contributed by atoms with van der Waals surface area (Å²) in [6, 6.07) is 5.58. The summed E-state index contributed by atoms with van der Waals surface area (Å²) in [5.41, 5.74) is 0.660. The number of ether oxygens (including phenoxy) is 1. The number of benzene rings is 1. The number of furan rings is 1. The van der Waals surface area contributed by atoms with Gasteiger partial charge in [0.25, 0.3) is 0 Å². The topological polar surface area (TPSA) is 76.7 Å². The second-order valence-electron chi connectivity index (χ2n) is 5.57. The highest BCUT2D eigenvalue weighted by atomic mass is 32.1. The van der Waals surface area contributed by atoms with Gasteiger partial charge in [-0.05, 0) is 19.1 Å². The maximum Gasteiger partial charge on any atom is 0.306 e. The zero-order chi connectivity index (χ0) is 16.7. The van der Waals surface area contributed by atoms with Gasteiger partial charge in [0, 0.05) is 28.0 Å². The van der Waals surface area contributed by atoms with Crippen molar-refractivity contribution in [2.24, 2.45) is 5.92 Å². The first-order valence-corrected chi connectivity index (χ1v) is 7.99. The van der Waals surface area contributed by atoms with Gasteiger partial charge in [-0.1, -0.05) is 6.92 Å². The van der Waals surface area contributed by atoms with E-state index in [0.29, 0.717) is 16.2 Å². The first-order chi connectivity index (χ1) is 10.9. The van der Waals surface area contributed by atoms with Gasteiger partial charge in [0.2, 0.25) is 0 Å². The smallest absolute Gasteiger partial charge is 0.306 e. The van der Waals surface area contributed by atoms with E-state index in [-0.39, 0.29) is 12.2 Å². The molecule has 120 valence electrons. The number of Topliss-reactive ketones (excluding diaryl/α,β-unsaturated/α-hetero) is 1. The normalized spacial score (nSPS) is 12.7. The molecular formula is C17H16O5S. The second kappa shape index (κ2) is 5.70. The molecule has 3 rings (SSSR count). The number of methoxy groups -OCH3 is 1. The average Bonchev–Trinajstić information content (AvgIpc) is 3.08. The maximum absolute atomic E-state index is 12.3. The molecule has 0 aliphatic carbocycles. The Bertz CT molecular complexity index is 918. The van der Waals surface area contributed by atoms with E-state index < -0.39 is 11.9 Å². The Hall–Kier alpha value is -2.34. The third-order valence-corrected chi connectivity index (χ3v) is 4.92. The van der Waals surface area contributed by atoms with Crippen LogP contribution < -0.4 is 4.74 Å². The summed E-state index contributed by atoms with van der Waals surface area (Å²) in [5.74, 6) is -0.425. The van der Waals surface area contributed by atoms with Crippen LogP contribution in [0.15, 0.2) is 22.6 Å². The predicted molar refractivity (Wildman–Crippen MR) is 88.6 cm³/mol. The molecule has 0 saturated heterocycles. The van der Waals surface area contributed by atoms with E-state index in [1.807, 2.05) is 25.1 Å². The summed E-state index contributed by atoms with van der Waals surface area (Å²) >= 11 is 1.35. The Kier molecular flexibility index (Phi) is 3.85. The Morgan fingerprint density at radius 1 is 1.30 bits per heavy atom. The number of thiophene rings is 1. The van der Waals surface area contributed by atoms with Crippen molar-refractivity contribution in [3.05, 3.63) is 28.8 Å². The second-order valence-corrected chi connectivity index (χ2v) is 6.65. The van der Waals surface area contributed by atoms with Crippen LogP contribution in [-0.2, 0) is 4.79 Å². The minimum Gasteiger partial charge on any atom is -0.493 e. The summed E-state index contributed by atoms with van der Waals surface area (Å²) in [6.45, 7) is 3.40. The number of carbonyl (C=O) groups excluding carboxylic acids is 1. The maximum atomic E-state index is 12.3. The van der Waals surface area contributed by atoms with Gasteiger partial charge in [0.05, 0.1) is 17.9 Å². The number of aryl methyl sites for hydroxylation is 1. The SMILES string of the molecule is COc1cc2sc(C(=O)C[C@@H](C)C(=O)O)cc2c2cc(C)oc12. The van der Waals surface area contributed by atoms with Crippen LogP contribution in [0, 0.1) is 12.8 Å². The van der Waals surface area contributed by atoms with E-state index in [9.17, 15) is 9.59 Å². The average molecular weight is 332 g/mol. The van der Waals surface area contributed by atoms with Crippen molar-refractivity contribution in [2.45, 2.75) is 20.3 Å². The van der Waals surface area contributed by atoms with Gasteiger partial charge in [0.15, 0.2) is 17.1 Å². The number of hydrogen-bond donors (Lipinski definition) is 1. The number of hydrogen-bond acceptors (Lipinski definition) is 5. The minimum atomic E-state index is -0.964. The van der Waals surface area contributed by atoms with Crippen LogP contribution in [0.5, 0.6) is 5.75 Å². The molecule has 5 nitrogen and oxygen atoms in total. The van der Waals surface area contributed by atoms with Gasteiger partial charge in [0.1, 0.15) is 5.76 Å². The summed E-state index contributed by atoms with van der Waals surface area (Å²) in [4.78, 5) is 23.8. The molecule has 1 aromatic carbocycles. The molecule has 0 saturated carbocycles. The van der Waals surface area contributed by atoms with Crippen molar-refractivity contribution in [1.82, 2.24) is 0 Å². The molecule has 0 unspecified atom stereocenters. The van der Waals surface area contributed by atoms with Gasteiger partial charge in [-0.15, -0.1) is 11.3 Å². The molecule has 6 heteroatoms. The molecule has 0 spiro atoms. The molecule has 0 aliphatic rings. The lowest BCUT2D eigenvalue weighted by atomic mass is 10.0. The van der Waals surface area contributed by atoms with Crippen LogP contribution in [0.2, 0.25) is 0 Å². The molecule has 3 aromatic rings. The number of ketones is 1. The molecule has 0 radical (unpaired) electrons. The van der Waals surface area contributed by atoms with E-state index in [4.69, 9.17) is 14.3 Å². The van der Waals surface area contributed by atoms with Crippen LogP contribution in [0.4, 0.5) is 0 Å². The Balaban J connectivity index is 2.10. The van der Waals surface area contributed by atoms with Crippen molar-refractivity contribution < 1.29 is 23.8 Å². The van der Waals surface area contributed by atoms with Crippen molar-refractivity contribution in [2.75, 3.05) is 7.11 Å². The molecule has 2 heterocycles. The molecule has 0 fully saturated rings. The number of carbonyl (C=O) groups is 2. The van der Waals surface area contributed by atoms with Crippen LogP contribution in [0.25, 0.3) is 21.1 Å². The van der Waals surface area contributed by atoms with Gasteiger partial charge in [-0.2, -0.15) is 0 Å². The van der Waals surface area contributed by atoms with Gasteiger partial charge in [-0.3, -0.25) is 9.59 Å². The largest absolute Gasteiger partial charge is 0.493 e. The van der Waals surface area contributed by atoms with Crippen molar-refractivity contribution in [3.63, 3.8) is 0 Å². The lowest BCUT2D eigenvalue weighted by Gasteiger charge is -2.02. The molecule has 0 aliphatic heterocycles. The quantitative estimate of drug-likeness (QED) is 0.707. The van der Waals surface area contributed by atoms with E-state index in [1.54, 1.807) is 7.11 Å². The number of fused-ring (bicyclic) bond motifs is 3. The van der Waals surface area contributed by atoms with Crippen LogP contribution in [-0.4, -0.2) is 24.0 Å². The Labute approximate surface area is 136 Å². The Morgan fingerprint density at radius 3 is 2.70 bits per heavy atom. The van der Waals surface area contributed by atoms with E-state index in [2.05, 4.69) is 0 Å². The molecule has 0 bridgehead atoms. The van der Waals surface area contributed by atoms with Crippen molar-refractivity contribution in [3.8, 4) is 5.75 Å². The van der Waals surface area contributed by atoms with Gasteiger partial charge >= 0.3 is 5.97 Å². The summed E-state index contributed by atoms with van der Waals surface area (Å²) < 4.78 is 12.0. The molecule has 1 N–H and O–H groups in total. The van der Waals surface area contributed by atoms with Crippen molar-refractivity contribution >= 4 is 44.1 Å². The van der Waals surface area contributed by atoms with Crippen LogP contribution in [0.1, 0.15) is 28.8 Å². The number of carboxylic acid groups (broad SMARTS) is 1. The van der Waals surface area contributed by atoms with Crippen molar-refractivity contribution in [1.29, 1.82) is 0 Å². The third kappa shape index (κ3) is 2.70. The predicted octanol–water partition coefficient (Wildman–Crippen LogP) is 4.26. The van der Waals surface area contributed by atoms with Gasteiger partial charge in [-0.25, -0.2) is 0 Å². The van der Waals surface area contributed by atoms with Gasteiger partial charge < -0.3 is 14.3 Å². The minimum absolute atomic E-state index is 0.00710. The number of rotatable bonds is 5. The standard InChI is InChI=1S/C17H16O5S/c1-8(17(19)20)4-12(18)15-6-10-11-5-9(2)22-16(11)13(21-3)7-14(10)23-15/h5-8H,4H2,1-3H3,(H,19,20)/t8-/m1/s1. The van der Waals surface area contributed by atoms with E-state index >= 15 is 0 Å². The highest BCUT2D eigenvalue weighted by molar-refractivity contribution is 7.21. The molecule has 0 amide bonds. The lowest BCUT2D eigenvalue weighted by Crippen LogP contribution is -2.13. The lowest BCUT2D eigenvalue weighted by molar-refractivity contribution is -0.141. The first kappa shape index (κ1) is 15.6. The summed E-state index contributed by atoms with van der Waals surface area (Å²) in [5, 5.41) is 10.8. The molecular weight excluding hydrogens is 316 g/mol. The molecule has 23 heavy (non-hydrogen) atoms. The fourth-order valence-electron chi connectivity index (χ4n) is 2.56. The zero-order valence-electron chi connectivity index (χ0n) is 13.0. The van der Waals surface area contributed by atoms with E-state index in [1.165, 1.54) is 18.3 Å². The fraction of sp³-hybridized carbons (Fsp3) is 0.294. The monoisotopic (exact) mass is 332 g/mol. The first-order valence-electron chi connectivity index (χ1n) is 7.17. The zero-order valence-corrected chi connectivity index (χ0v) is 13.8. The highest BCUT2D eigenvalue weighted by Gasteiger charge is 2.20. The number of aliphatic carboxylic acids is 1.